The SMILES string of the molecule is C=C(O)CCC(=O)O[C@@H]1CO[C@H]2[C@@H]1OC[C@H]2OC(=O)/C=C/C(=O)O.CC(=O)/C=C/C(=O)O[C@@H]1CO[C@H]2[C@@H]1OC[C@H]2O.CC(=O)/C=C/C(=O)O[C@@H]1CO[C@H]2[C@@H]1OC[C@H]2OC(=O)/C=C/C(=O)O.C[C@@H]1CO[C@H]2[C@@H]1OC[C@H]2OC(=O)/C=C/C(=O)O.C[C@@H]1CO[C@H]2[C@@H]1OC[C@H]2OC(=O)/C=C/C(=O)O.C[C@@H]1CO[C@H]2[C@@H]1OC[C@H]2OC(=O)/C=C/C(=O)O.O=C(O)/C=C\C(=O)O[C@@H]1CO[C@H]2[C@@H]1OC[C@H]2O.O=C(O)CCC(=O)O[C@@H]1CO[C@H]2[C@@H]1OC[C@H]2O. The van der Waals surface area contributed by atoms with Crippen LogP contribution in [0.4, 0.5) is 0 Å². The molecule has 0 bridgehead atoms. The van der Waals surface area contributed by atoms with Gasteiger partial charge >= 0.3 is 101 Å². The van der Waals surface area contributed by atoms with E-state index in [1.807, 2.05) is 20.8 Å². The molecule has 150 heavy (non-hydrogen) atoms. The lowest BCUT2D eigenvalue weighted by Gasteiger charge is -2.17. The van der Waals surface area contributed by atoms with Crippen molar-refractivity contribution >= 4 is 113 Å². The summed E-state index contributed by atoms with van der Waals surface area (Å²) >= 11 is 0. The topological polar surface area (TPSA) is 787 Å². The summed E-state index contributed by atoms with van der Waals surface area (Å²) in [7, 11) is 0. The van der Waals surface area contributed by atoms with Crippen molar-refractivity contribution in [2.24, 2.45) is 17.8 Å². The predicted octanol–water partition coefficient (Wildman–Crippen LogP) is -3.77. The first-order chi connectivity index (χ1) is 71.2. The third kappa shape index (κ3) is 37.9. The minimum atomic E-state index is -1.27. The molecule has 0 aliphatic carbocycles. The Bertz CT molecular complexity index is 4560. The van der Waals surface area contributed by atoms with Gasteiger partial charge in [-0.1, -0.05) is 27.4 Å². The van der Waals surface area contributed by atoms with Gasteiger partial charge in [0.1, 0.15) is 97.7 Å². The summed E-state index contributed by atoms with van der Waals surface area (Å²) in [5.74, 6) is -15.0. The number of esters is 10. The quantitative estimate of drug-likeness (QED) is 0.0133. The van der Waals surface area contributed by atoms with E-state index in [4.69, 9.17) is 164 Å². The second-order valence-electron chi connectivity index (χ2n) is 35.1. The Labute approximate surface area is 850 Å². The molecule has 0 saturated carbocycles. The summed E-state index contributed by atoms with van der Waals surface area (Å²) in [6, 6.07) is 0. The van der Waals surface area contributed by atoms with E-state index >= 15 is 0 Å². The summed E-state index contributed by atoms with van der Waals surface area (Å²) in [4.78, 5) is 207. The molecule has 0 radical (unpaired) electrons. The van der Waals surface area contributed by atoms with Gasteiger partial charge < -0.3 is 179 Å². The number of ketones is 2. The summed E-state index contributed by atoms with van der Waals surface area (Å²) < 4.78 is 137. The van der Waals surface area contributed by atoms with Crippen LogP contribution in [0.1, 0.15) is 60.3 Å². The third-order valence-corrected chi connectivity index (χ3v) is 23.6. The van der Waals surface area contributed by atoms with Crippen molar-refractivity contribution in [1.29, 1.82) is 0 Å². The molecule has 16 aliphatic rings. The lowest BCUT2D eigenvalue weighted by molar-refractivity contribution is -0.156. The van der Waals surface area contributed by atoms with Gasteiger partial charge in [0.05, 0.1) is 149 Å². The number of carbonyl (C=O) groups excluding carboxylic acids is 12. The van der Waals surface area contributed by atoms with Crippen LogP contribution in [0.3, 0.4) is 0 Å². The Morgan fingerprint density at radius 3 is 0.567 bits per heavy atom. The molecule has 16 aliphatic heterocycles. The van der Waals surface area contributed by atoms with Gasteiger partial charge in [-0.25, -0.2) is 67.1 Å². The van der Waals surface area contributed by atoms with E-state index in [-0.39, 0.29) is 146 Å². The maximum Gasteiger partial charge on any atom is 0.331 e. The first kappa shape index (κ1) is 121. The van der Waals surface area contributed by atoms with E-state index in [9.17, 15) is 106 Å². The molecule has 0 spiro atoms. The first-order valence-corrected chi connectivity index (χ1v) is 46.5. The smallest absolute Gasteiger partial charge is 0.331 e. The van der Waals surface area contributed by atoms with Crippen LogP contribution in [-0.2, 0) is 214 Å². The van der Waals surface area contributed by atoms with Crippen molar-refractivity contribution < 1.29 is 270 Å². The van der Waals surface area contributed by atoms with Crippen LogP contribution in [0, 0.1) is 17.8 Å². The van der Waals surface area contributed by atoms with Gasteiger partial charge in [0.15, 0.2) is 72.6 Å². The fraction of sp³-hybridized carbons (Fsp3) is 0.606. The number of ether oxygens (including phenoxy) is 26. The van der Waals surface area contributed by atoms with Crippen molar-refractivity contribution in [2.75, 3.05) is 106 Å². The lowest BCUT2D eigenvalue weighted by atomic mass is 10.0. The number of carboxylic acids is 7. The number of carboxylic acid groups (broad SMARTS) is 7. The number of aliphatic hydroxyl groups is 4. The first-order valence-electron chi connectivity index (χ1n) is 46.5. The van der Waals surface area contributed by atoms with E-state index in [1.54, 1.807) is 0 Å². The Morgan fingerprint density at radius 1 is 0.213 bits per heavy atom. The Balaban J connectivity index is 0.000000191. The summed E-state index contributed by atoms with van der Waals surface area (Å²) in [6.07, 6.45) is -0.402. The molecule has 16 rings (SSSR count). The van der Waals surface area contributed by atoms with Crippen LogP contribution in [0.25, 0.3) is 0 Å². The van der Waals surface area contributed by atoms with Gasteiger partial charge in [0, 0.05) is 109 Å². The molecular weight excluding hydrogens is 2020 g/mol. The number of hydrogen-bond donors (Lipinski definition) is 11. The zero-order valence-electron chi connectivity index (χ0n) is 80.9. The Morgan fingerprint density at radius 2 is 0.373 bits per heavy atom. The Hall–Kier alpha value is -13.0. The van der Waals surface area contributed by atoms with E-state index in [0.717, 1.165) is 79.0 Å². The van der Waals surface area contributed by atoms with Gasteiger partial charge in [-0.3, -0.25) is 24.0 Å². The zero-order valence-corrected chi connectivity index (χ0v) is 80.9. The Kier molecular flexibility index (Phi) is 47.4. The van der Waals surface area contributed by atoms with Crippen LogP contribution in [0.5, 0.6) is 0 Å². The maximum absolute atomic E-state index is 11.7. The normalized spacial score (nSPS) is 33.7. The minimum absolute atomic E-state index is 0.0123. The molecule has 11 N–H and O–H groups in total. The summed E-state index contributed by atoms with van der Waals surface area (Å²) in [5.41, 5.74) is 0. The molecule has 0 amide bonds. The van der Waals surface area contributed by atoms with E-state index in [0.29, 0.717) is 75.6 Å². The average molecular weight is 2140 g/mol. The highest BCUT2D eigenvalue weighted by Crippen LogP contribution is 2.39. The number of allylic oxidation sites excluding steroid dienone is 3. The number of hydrogen-bond acceptors (Lipinski definition) is 49. The molecule has 56 heteroatoms. The van der Waals surface area contributed by atoms with Crippen LogP contribution in [0.15, 0.2) is 110 Å². The van der Waals surface area contributed by atoms with Gasteiger partial charge in [-0.05, 0) is 26.0 Å². The van der Waals surface area contributed by atoms with Gasteiger partial charge in [0.2, 0.25) is 0 Å². The molecule has 0 aromatic rings. The highest BCUT2D eigenvalue weighted by molar-refractivity contribution is 5.97. The predicted molar refractivity (Wildman–Crippen MR) is 478 cm³/mol. The molecule has 16 heterocycles. The molecule has 0 aromatic heterocycles. The summed E-state index contributed by atoms with van der Waals surface area (Å²) in [5, 5.41) is 96.1. The van der Waals surface area contributed by atoms with Crippen LogP contribution < -0.4 is 0 Å². The largest absolute Gasteiger partial charge is 0.513 e. The highest BCUT2D eigenvalue weighted by Gasteiger charge is 2.57. The molecule has 16 saturated heterocycles. The maximum atomic E-state index is 11.7. The van der Waals surface area contributed by atoms with Crippen LogP contribution in [0.2, 0.25) is 0 Å². The molecule has 828 valence electrons. The zero-order chi connectivity index (χ0) is 110. The monoisotopic (exact) mass is 2140 g/mol. The van der Waals surface area contributed by atoms with Crippen LogP contribution in [-0.4, -0.2) is 452 Å². The van der Waals surface area contributed by atoms with Crippen molar-refractivity contribution in [3.8, 4) is 0 Å². The fourth-order valence-corrected chi connectivity index (χ4v) is 16.8. The van der Waals surface area contributed by atoms with Crippen molar-refractivity contribution in [1.82, 2.24) is 0 Å². The van der Waals surface area contributed by atoms with E-state index in [1.165, 1.54) is 13.8 Å². The molecule has 16 fully saturated rings. The van der Waals surface area contributed by atoms with Crippen molar-refractivity contribution in [2.45, 2.75) is 237 Å². The van der Waals surface area contributed by atoms with E-state index < -0.39 is 242 Å². The average Bonchev–Trinajstić information content (AvgIpc) is 1.67. The minimum Gasteiger partial charge on any atom is -0.513 e. The van der Waals surface area contributed by atoms with Crippen LogP contribution >= 0.6 is 0 Å². The lowest BCUT2D eigenvalue weighted by Crippen LogP contribution is -2.35. The molecular formula is C94H116O56. The van der Waals surface area contributed by atoms with Crippen molar-refractivity contribution in [3.05, 3.63) is 110 Å². The highest BCUT2D eigenvalue weighted by atomic mass is 16.7. The second kappa shape index (κ2) is 59.0. The number of carbonyl (C=O) groups is 19. The second-order valence-corrected chi connectivity index (χ2v) is 35.1. The van der Waals surface area contributed by atoms with Gasteiger partial charge in [-0.2, -0.15) is 0 Å². The van der Waals surface area contributed by atoms with Gasteiger partial charge in [0.25, 0.3) is 0 Å². The number of aliphatic hydroxyl groups excluding tert-OH is 4. The molecule has 56 nitrogen and oxygen atoms in total. The van der Waals surface area contributed by atoms with Gasteiger partial charge in [-0.15, -0.1) is 0 Å². The summed E-state index contributed by atoms with van der Waals surface area (Å²) in [6.45, 7) is 15.9. The van der Waals surface area contributed by atoms with E-state index in [2.05, 4.69) is 6.58 Å². The third-order valence-electron chi connectivity index (χ3n) is 23.6. The molecule has 32 atom stereocenters. The molecule has 0 aromatic carbocycles. The number of rotatable bonds is 32. The molecule has 0 unspecified atom stereocenters. The fourth-order valence-electron chi connectivity index (χ4n) is 16.8. The standard InChI is InChI=1S/C15H18O9.C15H16O9.4C11H14O6.C10H14O7.C10H12O7/c2*1-8(16)2-4-12(19)23-9-6-21-15-10(7-22-14(9)15)24-13(20)5-3-11(17)18;3*1-6-4-15-11-7(5-16-10(6)11)17-9(14)3-2-8(12)13;1-6(12)2-3-9(14)17-8-5-16-10-7(13)4-15-11(8)10;2*11-5-3-15-10-6(4-16-9(5)10)17-8(14)2-1-7(12)13/h3,5,9-10,14-16H,1-2,4,6-7H2,(H,17,18);2-5,9-10,14-15H,6-7H2,1H3,(H,17,18);3*2-3,6-7,10-11H,4-5H2,1H3,(H,12,13);2-3,7-8,10-11,13H,4-5H2,1H3;5-6,9-11H,1-4H2,(H,12,13);1-2,5-6,9-11H,3-4H2,(H,12,13)/b5-3+;4-2+,5-3+;4*3-2+;;2-1-/t2*9-,10-,14-,15-;3*6-,7-,10-,11-;7-,8-,10-,11-;2*5-,6-,9-,10-/m11111111/s1. The number of fused-ring (bicyclic) bond motifs is 8. The number of aliphatic carboxylic acids is 7. The van der Waals surface area contributed by atoms with Crippen molar-refractivity contribution in [3.63, 3.8) is 0 Å².